The molecule has 0 spiro atoms. The van der Waals surface area contributed by atoms with Gasteiger partial charge in [-0.1, -0.05) is 36.4 Å². The predicted molar refractivity (Wildman–Crippen MR) is 96.8 cm³/mol. The van der Waals surface area contributed by atoms with Gasteiger partial charge in [0.1, 0.15) is 5.69 Å². The topological polar surface area (TPSA) is 130 Å². The zero-order valence-corrected chi connectivity index (χ0v) is 14.2. The summed E-state index contributed by atoms with van der Waals surface area (Å²) >= 11 is 0. The Bertz CT molecular complexity index is 1010. The second kappa shape index (κ2) is 7.48. The molecule has 0 saturated heterocycles. The average Bonchev–Trinajstić information content (AvgIpc) is 3.17. The molecule has 3 N–H and O–H groups in total. The lowest BCUT2D eigenvalue weighted by Crippen LogP contribution is -2.41. The summed E-state index contributed by atoms with van der Waals surface area (Å²) in [7, 11) is 0. The third-order valence-corrected chi connectivity index (χ3v) is 3.85. The van der Waals surface area contributed by atoms with Gasteiger partial charge in [0.05, 0.1) is 10.6 Å². The Kier molecular flexibility index (Phi) is 4.93. The van der Waals surface area contributed by atoms with Gasteiger partial charge in [0.25, 0.3) is 17.5 Å². The number of nitro groups is 1. The van der Waals surface area contributed by atoms with E-state index < -0.39 is 16.7 Å². The van der Waals surface area contributed by atoms with Crippen molar-refractivity contribution < 1.29 is 14.5 Å². The van der Waals surface area contributed by atoms with Crippen molar-refractivity contribution >= 4 is 17.5 Å². The first-order valence-corrected chi connectivity index (χ1v) is 7.92. The summed E-state index contributed by atoms with van der Waals surface area (Å²) in [5.41, 5.74) is 6.37. The summed E-state index contributed by atoms with van der Waals surface area (Å²) in [6, 6.07) is 14.9. The van der Waals surface area contributed by atoms with E-state index in [1.54, 1.807) is 13.0 Å². The van der Waals surface area contributed by atoms with Gasteiger partial charge >= 0.3 is 0 Å². The molecule has 9 heteroatoms. The molecule has 0 fully saturated rings. The van der Waals surface area contributed by atoms with Crippen LogP contribution in [-0.4, -0.2) is 26.9 Å². The van der Waals surface area contributed by atoms with E-state index in [1.165, 1.54) is 12.1 Å². The highest BCUT2D eigenvalue weighted by Gasteiger charge is 2.16. The van der Waals surface area contributed by atoms with Crippen LogP contribution in [0.2, 0.25) is 0 Å². The fourth-order valence-electron chi connectivity index (χ4n) is 2.40. The van der Waals surface area contributed by atoms with Crippen LogP contribution < -0.4 is 10.9 Å². The lowest BCUT2D eigenvalue weighted by molar-refractivity contribution is -0.385. The maximum absolute atomic E-state index is 12.1. The van der Waals surface area contributed by atoms with Gasteiger partial charge in [0, 0.05) is 22.8 Å². The summed E-state index contributed by atoms with van der Waals surface area (Å²) in [6.45, 7) is 1.57. The number of aromatic amines is 1. The first-order valence-electron chi connectivity index (χ1n) is 7.92. The molecule has 0 radical (unpaired) electrons. The van der Waals surface area contributed by atoms with E-state index in [9.17, 15) is 19.7 Å². The van der Waals surface area contributed by atoms with Crippen LogP contribution >= 0.6 is 0 Å². The fraction of sp³-hybridized carbons (Fsp3) is 0.0556. The normalized spacial score (nSPS) is 10.3. The molecule has 0 saturated carbocycles. The fourth-order valence-corrected chi connectivity index (χ4v) is 2.40. The molecule has 0 bridgehead atoms. The quantitative estimate of drug-likeness (QED) is 0.483. The standard InChI is InChI=1S/C18H15N5O4/c1-11-7-8-13(9-16(11)23(26)27)17(24)21-22-18(25)15-10-14(19-20-15)12-5-3-2-4-6-12/h2-10H,1H3,(H,19,20)(H,21,24)(H,22,25). The smallest absolute Gasteiger partial charge is 0.272 e. The van der Waals surface area contributed by atoms with E-state index in [4.69, 9.17) is 0 Å². The lowest BCUT2D eigenvalue weighted by atomic mass is 10.1. The lowest BCUT2D eigenvalue weighted by Gasteiger charge is -2.06. The second-order valence-electron chi connectivity index (χ2n) is 5.70. The number of amides is 2. The van der Waals surface area contributed by atoms with Crippen molar-refractivity contribution in [1.82, 2.24) is 21.0 Å². The molecule has 136 valence electrons. The first-order chi connectivity index (χ1) is 13.0. The summed E-state index contributed by atoms with van der Waals surface area (Å²) in [6.07, 6.45) is 0. The highest BCUT2D eigenvalue weighted by atomic mass is 16.6. The highest BCUT2D eigenvalue weighted by Crippen LogP contribution is 2.19. The molecule has 3 rings (SSSR count). The zero-order chi connectivity index (χ0) is 19.4. The summed E-state index contributed by atoms with van der Waals surface area (Å²) in [5, 5.41) is 17.6. The number of aryl methyl sites for hydroxylation is 1. The van der Waals surface area contributed by atoms with Crippen LogP contribution in [-0.2, 0) is 0 Å². The number of hydrogen-bond donors (Lipinski definition) is 3. The van der Waals surface area contributed by atoms with Gasteiger partial charge in [0.15, 0.2) is 0 Å². The molecule has 0 unspecified atom stereocenters. The molecule has 3 aromatic rings. The van der Waals surface area contributed by atoms with E-state index >= 15 is 0 Å². The molecule has 27 heavy (non-hydrogen) atoms. The third-order valence-electron chi connectivity index (χ3n) is 3.85. The van der Waals surface area contributed by atoms with E-state index in [0.29, 0.717) is 11.3 Å². The molecule has 9 nitrogen and oxygen atoms in total. The number of nitrogens with one attached hydrogen (secondary N) is 3. The summed E-state index contributed by atoms with van der Waals surface area (Å²) in [5.74, 6) is -1.27. The Morgan fingerprint density at radius 1 is 1.04 bits per heavy atom. The van der Waals surface area contributed by atoms with Crippen molar-refractivity contribution in [3.8, 4) is 11.3 Å². The van der Waals surface area contributed by atoms with E-state index in [2.05, 4.69) is 21.0 Å². The molecule has 1 aromatic heterocycles. The highest BCUT2D eigenvalue weighted by molar-refractivity contribution is 5.99. The van der Waals surface area contributed by atoms with Gasteiger partial charge in [-0.25, -0.2) is 0 Å². The Hall–Kier alpha value is -4.01. The minimum Gasteiger partial charge on any atom is -0.272 e. The first kappa shape index (κ1) is 17.8. The van der Waals surface area contributed by atoms with Crippen LogP contribution in [0.15, 0.2) is 54.6 Å². The monoisotopic (exact) mass is 365 g/mol. The maximum Gasteiger partial charge on any atom is 0.287 e. The molecular weight excluding hydrogens is 350 g/mol. The Morgan fingerprint density at radius 3 is 2.44 bits per heavy atom. The van der Waals surface area contributed by atoms with Crippen molar-refractivity contribution in [2.45, 2.75) is 6.92 Å². The molecular formula is C18H15N5O4. The Labute approximate surface area is 153 Å². The number of carbonyl (C=O) groups excluding carboxylic acids is 2. The summed E-state index contributed by atoms with van der Waals surface area (Å²) < 4.78 is 0. The Balaban J connectivity index is 1.66. The number of hydrogen-bond acceptors (Lipinski definition) is 5. The van der Waals surface area contributed by atoms with Crippen LogP contribution in [0.3, 0.4) is 0 Å². The van der Waals surface area contributed by atoms with Gasteiger partial charge in [0.2, 0.25) is 0 Å². The van der Waals surface area contributed by atoms with Crippen LogP contribution in [0.25, 0.3) is 11.3 Å². The largest absolute Gasteiger partial charge is 0.287 e. The molecule has 1 heterocycles. The van der Waals surface area contributed by atoms with Gasteiger partial charge in [-0.05, 0) is 19.1 Å². The number of H-pyrrole nitrogens is 1. The minimum atomic E-state index is -0.672. The van der Waals surface area contributed by atoms with Crippen molar-refractivity contribution in [3.05, 3.63) is 81.5 Å². The number of hydrazine groups is 1. The predicted octanol–water partition coefficient (Wildman–Crippen LogP) is 2.37. The van der Waals surface area contributed by atoms with Crippen molar-refractivity contribution in [2.24, 2.45) is 0 Å². The number of benzene rings is 2. The number of aromatic nitrogens is 2. The molecule has 2 aromatic carbocycles. The van der Waals surface area contributed by atoms with Crippen molar-refractivity contribution in [3.63, 3.8) is 0 Å². The number of carbonyl (C=O) groups is 2. The maximum atomic E-state index is 12.1. The number of nitro benzene ring substituents is 1. The van der Waals surface area contributed by atoms with Crippen LogP contribution in [0, 0.1) is 17.0 Å². The van der Waals surface area contributed by atoms with E-state index in [0.717, 1.165) is 11.6 Å². The number of nitrogens with zero attached hydrogens (tertiary/aromatic N) is 2. The average molecular weight is 365 g/mol. The third kappa shape index (κ3) is 3.98. The Morgan fingerprint density at radius 2 is 1.74 bits per heavy atom. The van der Waals surface area contributed by atoms with Gasteiger partial charge < -0.3 is 0 Å². The minimum absolute atomic E-state index is 0.0576. The van der Waals surface area contributed by atoms with E-state index in [-0.39, 0.29) is 16.9 Å². The van der Waals surface area contributed by atoms with Gasteiger partial charge in [-0.2, -0.15) is 5.10 Å². The molecule has 0 aliphatic carbocycles. The van der Waals surface area contributed by atoms with Crippen LogP contribution in [0.4, 0.5) is 5.69 Å². The zero-order valence-electron chi connectivity index (χ0n) is 14.2. The van der Waals surface area contributed by atoms with Crippen LogP contribution in [0.1, 0.15) is 26.4 Å². The SMILES string of the molecule is Cc1ccc(C(=O)NNC(=O)c2cc(-c3ccccc3)n[nH]2)cc1[N+](=O)[O-]. The van der Waals surface area contributed by atoms with E-state index in [1.807, 2.05) is 30.3 Å². The molecule has 2 amide bonds. The molecule has 0 aliphatic heterocycles. The summed E-state index contributed by atoms with van der Waals surface area (Å²) in [4.78, 5) is 34.7. The van der Waals surface area contributed by atoms with Gasteiger partial charge in [-0.15, -0.1) is 0 Å². The number of rotatable bonds is 4. The van der Waals surface area contributed by atoms with Gasteiger partial charge in [-0.3, -0.25) is 35.7 Å². The van der Waals surface area contributed by atoms with Crippen molar-refractivity contribution in [1.29, 1.82) is 0 Å². The second-order valence-corrected chi connectivity index (χ2v) is 5.70. The molecule has 0 aliphatic rings. The van der Waals surface area contributed by atoms with Crippen molar-refractivity contribution in [2.75, 3.05) is 0 Å². The van der Waals surface area contributed by atoms with Crippen LogP contribution in [0.5, 0.6) is 0 Å². The molecule has 0 atom stereocenters.